The van der Waals surface area contributed by atoms with E-state index in [0.717, 1.165) is 6.54 Å². The van der Waals surface area contributed by atoms with E-state index in [2.05, 4.69) is 5.32 Å². The number of amides is 2. The van der Waals surface area contributed by atoms with E-state index in [1.54, 1.807) is 16.7 Å². The van der Waals surface area contributed by atoms with Crippen LogP contribution in [0.25, 0.3) is 0 Å². The van der Waals surface area contributed by atoms with Gasteiger partial charge in [0.15, 0.2) is 0 Å². The number of nitrogens with one attached hydrogen (secondary N) is 1. The summed E-state index contributed by atoms with van der Waals surface area (Å²) in [5.74, 6) is 0.00992. The van der Waals surface area contributed by atoms with Gasteiger partial charge in [-0.3, -0.25) is 4.79 Å². The minimum absolute atomic E-state index is 0.00992. The van der Waals surface area contributed by atoms with E-state index >= 15 is 0 Å². The molecule has 2 rings (SSSR count). The van der Waals surface area contributed by atoms with Crippen molar-refractivity contribution in [3.63, 3.8) is 0 Å². The zero-order chi connectivity index (χ0) is 13.7. The first-order valence-corrected chi connectivity index (χ1v) is 6.75. The highest BCUT2D eigenvalue weighted by molar-refractivity contribution is 5.81. The third-order valence-electron chi connectivity index (χ3n) is 3.32. The molecule has 2 aliphatic heterocycles. The third-order valence-corrected chi connectivity index (χ3v) is 3.32. The standard InChI is InChI=1S/C12H21N3O4/c1-2-18-12(17)15-6-4-14(5-7-15)11(16)10-9-13-3-8-19-10/h10,13H,2-9H2,1H3/t10-/m0/s1. The number of carbonyl (C=O) groups is 2. The molecule has 1 atom stereocenters. The molecule has 2 amide bonds. The van der Waals surface area contributed by atoms with Crippen molar-refractivity contribution in [3.05, 3.63) is 0 Å². The lowest BCUT2D eigenvalue weighted by Crippen LogP contribution is -2.56. The number of rotatable bonds is 2. The van der Waals surface area contributed by atoms with E-state index in [0.29, 0.717) is 45.9 Å². The maximum absolute atomic E-state index is 12.2. The molecule has 2 heterocycles. The summed E-state index contributed by atoms with van der Waals surface area (Å²) in [4.78, 5) is 27.1. The average Bonchev–Trinajstić information content (AvgIpc) is 2.48. The van der Waals surface area contributed by atoms with Crippen molar-refractivity contribution in [3.8, 4) is 0 Å². The average molecular weight is 271 g/mol. The molecular formula is C12H21N3O4. The number of piperazine rings is 1. The molecule has 0 spiro atoms. The summed E-state index contributed by atoms with van der Waals surface area (Å²) in [5.41, 5.74) is 0. The van der Waals surface area contributed by atoms with Gasteiger partial charge in [-0.1, -0.05) is 0 Å². The van der Waals surface area contributed by atoms with Gasteiger partial charge in [0.05, 0.1) is 13.2 Å². The smallest absolute Gasteiger partial charge is 0.409 e. The van der Waals surface area contributed by atoms with Gasteiger partial charge < -0.3 is 24.6 Å². The highest BCUT2D eigenvalue weighted by Gasteiger charge is 2.30. The summed E-state index contributed by atoms with van der Waals surface area (Å²) < 4.78 is 10.4. The summed E-state index contributed by atoms with van der Waals surface area (Å²) in [5, 5.41) is 3.14. The molecule has 0 aromatic heterocycles. The first kappa shape index (κ1) is 14.1. The second-order valence-electron chi connectivity index (χ2n) is 4.57. The van der Waals surface area contributed by atoms with Crippen molar-refractivity contribution in [1.82, 2.24) is 15.1 Å². The number of hydrogen-bond donors (Lipinski definition) is 1. The number of morpholine rings is 1. The summed E-state index contributed by atoms with van der Waals surface area (Å²) >= 11 is 0. The van der Waals surface area contributed by atoms with Crippen LogP contribution in [0.5, 0.6) is 0 Å². The van der Waals surface area contributed by atoms with Gasteiger partial charge in [0.1, 0.15) is 6.10 Å². The first-order valence-electron chi connectivity index (χ1n) is 6.75. The lowest BCUT2D eigenvalue weighted by atomic mass is 10.2. The zero-order valence-corrected chi connectivity index (χ0v) is 11.3. The Bertz CT molecular complexity index is 323. The van der Waals surface area contributed by atoms with Crippen LogP contribution in [-0.4, -0.2) is 80.4 Å². The van der Waals surface area contributed by atoms with Crippen LogP contribution in [0, 0.1) is 0 Å². The molecule has 2 fully saturated rings. The highest BCUT2D eigenvalue weighted by Crippen LogP contribution is 2.08. The van der Waals surface area contributed by atoms with Gasteiger partial charge in [-0.05, 0) is 6.92 Å². The van der Waals surface area contributed by atoms with Crippen molar-refractivity contribution in [1.29, 1.82) is 0 Å². The molecule has 0 unspecified atom stereocenters. The maximum Gasteiger partial charge on any atom is 0.409 e. The van der Waals surface area contributed by atoms with Crippen LogP contribution >= 0.6 is 0 Å². The van der Waals surface area contributed by atoms with Gasteiger partial charge >= 0.3 is 6.09 Å². The maximum atomic E-state index is 12.2. The summed E-state index contributed by atoms with van der Waals surface area (Å²) in [7, 11) is 0. The molecule has 2 aliphatic rings. The van der Waals surface area contributed by atoms with Crippen LogP contribution < -0.4 is 5.32 Å². The van der Waals surface area contributed by atoms with Crippen molar-refractivity contribution < 1.29 is 19.1 Å². The Labute approximate surface area is 112 Å². The molecule has 19 heavy (non-hydrogen) atoms. The van der Waals surface area contributed by atoms with Gasteiger partial charge in [-0.2, -0.15) is 0 Å². The molecule has 0 bridgehead atoms. The van der Waals surface area contributed by atoms with Crippen LogP contribution in [0.1, 0.15) is 6.92 Å². The van der Waals surface area contributed by atoms with Crippen molar-refractivity contribution in [2.45, 2.75) is 13.0 Å². The van der Waals surface area contributed by atoms with Crippen molar-refractivity contribution in [2.24, 2.45) is 0 Å². The molecule has 0 saturated carbocycles. The number of carbonyl (C=O) groups excluding carboxylic acids is 2. The van der Waals surface area contributed by atoms with Crippen LogP contribution in [0.2, 0.25) is 0 Å². The number of hydrogen-bond acceptors (Lipinski definition) is 5. The fourth-order valence-corrected chi connectivity index (χ4v) is 2.25. The normalized spacial score (nSPS) is 24.2. The van der Waals surface area contributed by atoms with E-state index in [-0.39, 0.29) is 18.1 Å². The fraction of sp³-hybridized carbons (Fsp3) is 0.833. The largest absolute Gasteiger partial charge is 0.450 e. The van der Waals surface area contributed by atoms with Crippen LogP contribution in [0.3, 0.4) is 0 Å². The Morgan fingerprint density at radius 1 is 1.26 bits per heavy atom. The Balaban J connectivity index is 1.79. The molecule has 2 saturated heterocycles. The van der Waals surface area contributed by atoms with Gasteiger partial charge in [-0.15, -0.1) is 0 Å². The van der Waals surface area contributed by atoms with E-state index in [9.17, 15) is 9.59 Å². The number of ether oxygens (including phenoxy) is 2. The second kappa shape index (κ2) is 6.72. The van der Waals surface area contributed by atoms with E-state index in [1.165, 1.54) is 0 Å². The zero-order valence-electron chi connectivity index (χ0n) is 11.3. The van der Waals surface area contributed by atoms with E-state index in [4.69, 9.17) is 9.47 Å². The van der Waals surface area contributed by atoms with Gasteiger partial charge in [0, 0.05) is 39.3 Å². The topological polar surface area (TPSA) is 71.1 Å². The summed E-state index contributed by atoms with van der Waals surface area (Å²) in [6.07, 6.45) is -0.687. The molecule has 0 aromatic rings. The SMILES string of the molecule is CCOC(=O)N1CCN(C(=O)[C@@H]2CNCCO2)CC1. The predicted molar refractivity (Wildman–Crippen MR) is 67.8 cm³/mol. The van der Waals surface area contributed by atoms with E-state index in [1.807, 2.05) is 0 Å². The first-order chi connectivity index (χ1) is 9.22. The fourth-order valence-electron chi connectivity index (χ4n) is 2.25. The Morgan fingerprint density at radius 2 is 1.95 bits per heavy atom. The second-order valence-corrected chi connectivity index (χ2v) is 4.57. The van der Waals surface area contributed by atoms with E-state index < -0.39 is 0 Å². The van der Waals surface area contributed by atoms with Crippen LogP contribution in [0.15, 0.2) is 0 Å². The van der Waals surface area contributed by atoms with Crippen molar-refractivity contribution in [2.75, 3.05) is 52.5 Å². The molecule has 7 nitrogen and oxygen atoms in total. The molecule has 7 heteroatoms. The van der Waals surface area contributed by atoms with Gasteiger partial charge in [0.25, 0.3) is 5.91 Å². The third kappa shape index (κ3) is 3.57. The van der Waals surface area contributed by atoms with Gasteiger partial charge in [0.2, 0.25) is 0 Å². The Hall–Kier alpha value is -1.34. The molecule has 1 N–H and O–H groups in total. The molecule has 0 aromatic carbocycles. The minimum Gasteiger partial charge on any atom is -0.450 e. The number of nitrogens with zero attached hydrogens (tertiary/aromatic N) is 2. The van der Waals surface area contributed by atoms with Crippen LogP contribution in [-0.2, 0) is 14.3 Å². The summed E-state index contributed by atoms with van der Waals surface area (Å²) in [6.45, 7) is 6.20. The Morgan fingerprint density at radius 3 is 2.53 bits per heavy atom. The molecule has 108 valence electrons. The predicted octanol–water partition coefficient (Wildman–Crippen LogP) is -0.724. The highest BCUT2D eigenvalue weighted by atomic mass is 16.6. The van der Waals surface area contributed by atoms with Crippen molar-refractivity contribution >= 4 is 12.0 Å². The molecular weight excluding hydrogens is 250 g/mol. The van der Waals surface area contributed by atoms with Gasteiger partial charge in [-0.25, -0.2) is 4.79 Å². The van der Waals surface area contributed by atoms with Crippen LogP contribution in [0.4, 0.5) is 4.79 Å². The lowest BCUT2D eigenvalue weighted by molar-refractivity contribution is -0.146. The Kier molecular flexibility index (Phi) is 4.98. The molecule has 0 aliphatic carbocycles. The molecule has 0 radical (unpaired) electrons. The lowest BCUT2D eigenvalue weighted by Gasteiger charge is -2.36. The summed E-state index contributed by atoms with van der Waals surface area (Å²) in [6, 6.07) is 0. The monoisotopic (exact) mass is 271 g/mol. The minimum atomic E-state index is -0.386. The quantitative estimate of drug-likeness (QED) is 0.717.